The van der Waals surface area contributed by atoms with Crippen LogP contribution in [-0.4, -0.2) is 66.0 Å². The van der Waals surface area contributed by atoms with Crippen molar-refractivity contribution in [3.63, 3.8) is 0 Å². The summed E-state index contributed by atoms with van der Waals surface area (Å²) < 4.78 is 0. The maximum Gasteiger partial charge on any atom is 0.326 e. The first-order valence-corrected chi connectivity index (χ1v) is 10.8. The molecule has 0 aliphatic rings. The number of nitrogens with zero attached hydrogens (tertiary/aromatic N) is 1. The third kappa shape index (κ3) is 12.1. The van der Waals surface area contributed by atoms with Crippen LogP contribution in [0.3, 0.4) is 0 Å². The van der Waals surface area contributed by atoms with E-state index >= 15 is 0 Å². The number of carboxylic acid groups (broad SMARTS) is 1. The minimum atomic E-state index is -1.20. The first-order chi connectivity index (χ1) is 14.9. The minimum absolute atomic E-state index is 0.0440. The molecule has 0 saturated heterocycles. The van der Waals surface area contributed by atoms with Crippen LogP contribution < -0.4 is 33.2 Å². The fourth-order valence-electron chi connectivity index (χ4n) is 2.78. The average molecular weight is 458 g/mol. The van der Waals surface area contributed by atoms with Crippen molar-refractivity contribution in [3.05, 3.63) is 0 Å². The highest BCUT2D eigenvalue weighted by Gasteiger charge is 2.27. The predicted octanol–water partition coefficient (Wildman–Crippen LogP) is -1.37. The van der Waals surface area contributed by atoms with Gasteiger partial charge in [-0.15, -0.1) is 0 Å². The Bertz CT molecular complexity index is 665. The molecule has 0 spiro atoms. The molecular weight excluding hydrogens is 418 g/mol. The predicted molar refractivity (Wildman–Crippen MR) is 121 cm³/mol. The zero-order valence-corrected chi connectivity index (χ0v) is 19.4. The molecule has 0 aromatic rings. The Morgan fingerprint density at radius 3 is 2.12 bits per heavy atom. The molecule has 0 bridgehead atoms. The molecule has 4 unspecified atom stereocenters. The summed E-state index contributed by atoms with van der Waals surface area (Å²) in [5.74, 6) is -2.95. The summed E-state index contributed by atoms with van der Waals surface area (Å²) in [5.41, 5.74) is 16.3. The molecule has 0 aliphatic carbocycles. The normalized spacial score (nSPS) is 14.6. The molecule has 0 aromatic heterocycles. The van der Waals surface area contributed by atoms with Crippen molar-refractivity contribution in [3.8, 4) is 0 Å². The maximum atomic E-state index is 12.7. The van der Waals surface area contributed by atoms with Gasteiger partial charge in [0.25, 0.3) is 0 Å². The summed E-state index contributed by atoms with van der Waals surface area (Å²) in [5, 5.41) is 16.9. The lowest BCUT2D eigenvalue weighted by Gasteiger charge is -2.23. The first-order valence-electron chi connectivity index (χ1n) is 10.8. The van der Waals surface area contributed by atoms with E-state index in [0.717, 1.165) is 0 Å². The van der Waals surface area contributed by atoms with Gasteiger partial charge in [0.2, 0.25) is 17.7 Å². The van der Waals surface area contributed by atoms with Gasteiger partial charge in [0.1, 0.15) is 12.1 Å². The van der Waals surface area contributed by atoms with Crippen molar-refractivity contribution in [2.75, 3.05) is 13.1 Å². The quantitative estimate of drug-likeness (QED) is 0.0882. The van der Waals surface area contributed by atoms with Crippen LogP contribution in [0, 0.1) is 11.8 Å². The first kappa shape index (κ1) is 29.1. The van der Waals surface area contributed by atoms with Crippen LogP contribution in [0.4, 0.5) is 0 Å². The third-order valence-electron chi connectivity index (χ3n) is 4.90. The van der Waals surface area contributed by atoms with Crippen molar-refractivity contribution in [1.82, 2.24) is 16.0 Å². The molecule has 4 atom stereocenters. The van der Waals surface area contributed by atoms with Gasteiger partial charge in [-0.3, -0.25) is 19.4 Å². The molecule has 32 heavy (non-hydrogen) atoms. The van der Waals surface area contributed by atoms with Crippen LogP contribution >= 0.6 is 0 Å². The SMILES string of the molecule is CCC(C)C(N)C(=O)NCC(=O)NC(CC(C)C)C(=O)NC(CCCN=C(N)N)C(=O)O. The Hall–Kier alpha value is -2.89. The Morgan fingerprint density at radius 2 is 1.62 bits per heavy atom. The summed E-state index contributed by atoms with van der Waals surface area (Å²) in [7, 11) is 0. The highest BCUT2D eigenvalue weighted by molar-refractivity contribution is 5.92. The second-order valence-corrected chi connectivity index (χ2v) is 8.23. The van der Waals surface area contributed by atoms with Gasteiger partial charge >= 0.3 is 5.97 Å². The number of nitrogens with one attached hydrogen (secondary N) is 3. The zero-order valence-electron chi connectivity index (χ0n) is 19.4. The minimum Gasteiger partial charge on any atom is -0.480 e. The van der Waals surface area contributed by atoms with Crippen LogP contribution in [0.5, 0.6) is 0 Å². The number of amides is 3. The van der Waals surface area contributed by atoms with Gasteiger partial charge in [0.15, 0.2) is 5.96 Å². The Morgan fingerprint density at radius 1 is 1.00 bits per heavy atom. The summed E-state index contributed by atoms with van der Waals surface area (Å²) in [6, 6.07) is -2.85. The monoisotopic (exact) mass is 457 g/mol. The summed E-state index contributed by atoms with van der Waals surface area (Å²) in [6.07, 6.45) is 1.47. The van der Waals surface area contributed by atoms with Crippen molar-refractivity contribution < 1.29 is 24.3 Å². The molecule has 0 fully saturated rings. The lowest BCUT2D eigenvalue weighted by atomic mass is 9.99. The van der Waals surface area contributed by atoms with Crippen molar-refractivity contribution >= 4 is 29.7 Å². The smallest absolute Gasteiger partial charge is 0.326 e. The average Bonchev–Trinajstić information content (AvgIpc) is 2.71. The number of carbonyl (C=O) groups excluding carboxylic acids is 3. The molecule has 0 aromatic carbocycles. The summed E-state index contributed by atoms with van der Waals surface area (Å²) in [6.45, 7) is 7.36. The number of carboxylic acids is 1. The molecule has 0 heterocycles. The van der Waals surface area contributed by atoms with Gasteiger partial charge in [-0.1, -0.05) is 34.1 Å². The lowest BCUT2D eigenvalue weighted by molar-refractivity contribution is -0.142. The van der Waals surface area contributed by atoms with E-state index in [1.165, 1.54) is 0 Å². The van der Waals surface area contributed by atoms with Crippen LogP contribution in [0.2, 0.25) is 0 Å². The van der Waals surface area contributed by atoms with Gasteiger partial charge in [0, 0.05) is 6.54 Å². The van der Waals surface area contributed by atoms with Crippen LogP contribution in [0.15, 0.2) is 4.99 Å². The lowest BCUT2D eigenvalue weighted by Crippen LogP contribution is -2.54. The molecule has 12 nitrogen and oxygen atoms in total. The molecule has 0 saturated carbocycles. The fraction of sp³-hybridized carbons (Fsp3) is 0.750. The number of rotatable bonds is 15. The van der Waals surface area contributed by atoms with Gasteiger partial charge in [-0.2, -0.15) is 0 Å². The van der Waals surface area contributed by atoms with Gasteiger partial charge < -0.3 is 38.3 Å². The number of hydrogen-bond donors (Lipinski definition) is 7. The van der Waals surface area contributed by atoms with Gasteiger partial charge in [0.05, 0.1) is 12.6 Å². The van der Waals surface area contributed by atoms with E-state index in [9.17, 15) is 24.3 Å². The Kier molecular flexibility index (Phi) is 13.6. The van der Waals surface area contributed by atoms with Gasteiger partial charge in [-0.25, -0.2) is 4.79 Å². The molecular formula is C20H39N7O5. The van der Waals surface area contributed by atoms with Crippen molar-refractivity contribution in [2.24, 2.45) is 34.0 Å². The number of nitrogens with two attached hydrogens (primary N) is 3. The molecule has 3 amide bonds. The fourth-order valence-corrected chi connectivity index (χ4v) is 2.78. The zero-order chi connectivity index (χ0) is 24.8. The second-order valence-electron chi connectivity index (χ2n) is 8.23. The van der Waals surface area contributed by atoms with Crippen LogP contribution in [-0.2, 0) is 19.2 Å². The molecule has 10 N–H and O–H groups in total. The van der Waals surface area contributed by atoms with E-state index < -0.39 is 41.8 Å². The topological polar surface area (TPSA) is 215 Å². The van der Waals surface area contributed by atoms with Crippen molar-refractivity contribution in [1.29, 1.82) is 0 Å². The van der Waals surface area contributed by atoms with Crippen LogP contribution in [0.1, 0.15) is 53.4 Å². The molecule has 0 rings (SSSR count). The number of carbonyl (C=O) groups is 4. The Labute approximate surface area is 189 Å². The van der Waals surface area contributed by atoms with E-state index in [0.29, 0.717) is 12.8 Å². The highest BCUT2D eigenvalue weighted by atomic mass is 16.4. The molecule has 0 aliphatic heterocycles. The van der Waals surface area contributed by atoms with Crippen LogP contribution in [0.25, 0.3) is 0 Å². The van der Waals surface area contributed by atoms with E-state index in [1.54, 1.807) is 0 Å². The number of aliphatic carboxylic acids is 1. The molecule has 184 valence electrons. The summed E-state index contributed by atoms with van der Waals surface area (Å²) in [4.78, 5) is 52.3. The standard InChI is InChI=1S/C20H39N7O5/c1-5-12(4)16(21)18(30)25-10-15(28)26-14(9-11(2)3)17(29)27-13(19(31)32)7-6-8-24-20(22)23/h11-14,16H,5-10,21H2,1-4H3,(H,25,30)(H,26,28)(H,27,29)(H,31,32)(H4,22,23,24). The second kappa shape index (κ2) is 15.0. The van der Waals surface area contributed by atoms with E-state index in [-0.39, 0.29) is 43.7 Å². The van der Waals surface area contributed by atoms with E-state index in [4.69, 9.17) is 17.2 Å². The number of guanidine groups is 1. The number of aliphatic imine (C=N–C) groups is 1. The molecule has 0 radical (unpaired) electrons. The number of hydrogen-bond acceptors (Lipinski definition) is 6. The largest absolute Gasteiger partial charge is 0.480 e. The maximum absolute atomic E-state index is 12.7. The Balaban J connectivity index is 4.94. The molecule has 12 heteroatoms. The van der Waals surface area contributed by atoms with Gasteiger partial charge in [-0.05, 0) is 31.1 Å². The highest BCUT2D eigenvalue weighted by Crippen LogP contribution is 2.07. The third-order valence-corrected chi connectivity index (χ3v) is 4.90. The van der Waals surface area contributed by atoms with E-state index in [1.807, 2.05) is 27.7 Å². The summed E-state index contributed by atoms with van der Waals surface area (Å²) >= 11 is 0. The van der Waals surface area contributed by atoms with E-state index in [2.05, 4.69) is 20.9 Å². The van der Waals surface area contributed by atoms with Crippen molar-refractivity contribution in [2.45, 2.75) is 71.5 Å².